The molecule has 0 radical (unpaired) electrons. The molecule has 0 aliphatic heterocycles. The molecule has 0 atom stereocenters. The van der Waals surface area contributed by atoms with Crippen LogP contribution in [0, 0.1) is 6.92 Å². The smallest absolute Gasteiger partial charge is 0.339 e. The summed E-state index contributed by atoms with van der Waals surface area (Å²) in [6.07, 6.45) is 0.443. The van der Waals surface area contributed by atoms with E-state index in [0.717, 1.165) is 16.5 Å². The SMILES string of the molecule is Cc1c(CCC(=O)NCc2ccccc2Cl)c(=O)oc2cc(O)ccc12. The second kappa shape index (κ2) is 7.62. The van der Waals surface area contributed by atoms with Gasteiger partial charge in [0, 0.05) is 35.0 Å². The standard InChI is InChI=1S/C20H18ClNO4/c1-12-15-7-6-14(23)10-18(15)26-20(25)16(12)8-9-19(24)22-11-13-4-2-3-5-17(13)21/h2-7,10,23H,8-9,11H2,1H3,(H,22,24). The maximum absolute atomic E-state index is 12.2. The third-order valence-electron chi connectivity index (χ3n) is 4.31. The van der Waals surface area contributed by atoms with Gasteiger partial charge in [-0.2, -0.15) is 0 Å². The van der Waals surface area contributed by atoms with Crippen molar-refractivity contribution in [1.82, 2.24) is 5.32 Å². The van der Waals surface area contributed by atoms with Gasteiger partial charge in [0.05, 0.1) is 0 Å². The molecule has 26 heavy (non-hydrogen) atoms. The lowest BCUT2D eigenvalue weighted by atomic mass is 10.0. The first-order chi connectivity index (χ1) is 12.5. The summed E-state index contributed by atoms with van der Waals surface area (Å²) < 4.78 is 5.27. The van der Waals surface area contributed by atoms with E-state index in [1.165, 1.54) is 12.1 Å². The maximum atomic E-state index is 12.2. The van der Waals surface area contributed by atoms with E-state index in [1.54, 1.807) is 12.1 Å². The first-order valence-corrected chi connectivity index (χ1v) is 8.59. The minimum atomic E-state index is -0.487. The zero-order chi connectivity index (χ0) is 18.7. The van der Waals surface area contributed by atoms with Gasteiger partial charge in [-0.25, -0.2) is 4.79 Å². The van der Waals surface area contributed by atoms with Crippen LogP contribution in [0.25, 0.3) is 11.0 Å². The molecule has 5 nitrogen and oxygen atoms in total. The van der Waals surface area contributed by atoms with Crippen molar-refractivity contribution >= 4 is 28.5 Å². The van der Waals surface area contributed by atoms with Crippen LogP contribution in [-0.4, -0.2) is 11.0 Å². The number of rotatable bonds is 5. The summed E-state index contributed by atoms with van der Waals surface area (Å²) in [5.74, 6) is -0.138. The van der Waals surface area contributed by atoms with Crippen molar-refractivity contribution < 1.29 is 14.3 Å². The fraction of sp³-hybridized carbons (Fsp3) is 0.200. The van der Waals surface area contributed by atoms with Gasteiger partial charge in [-0.05, 0) is 42.7 Å². The predicted molar refractivity (Wildman–Crippen MR) is 101 cm³/mol. The summed E-state index contributed by atoms with van der Waals surface area (Å²) >= 11 is 6.07. The highest BCUT2D eigenvalue weighted by atomic mass is 35.5. The fourth-order valence-corrected chi connectivity index (χ4v) is 3.04. The van der Waals surface area contributed by atoms with Crippen LogP contribution in [0.4, 0.5) is 0 Å². The summed E-state index contributed by atoms with van der Waals surface area (Å²) in [4.78, 5) is 24.3. The minimum absolute atomic E-state index is 0.0340. The zero-order valence-electron chi connectivity index (χ0n) is 14.2. The molecule has 3 aromatic rings. The number of carbonyl (C=O) groups excluding carboxylic acids is 1. The molecule has 2 aromatic carbocycles. The van der Waals surface area contributed by atoms with E-state index in [1.807, 2.05) is 25.1 Å². The van der Waals surface area contributed by atoms with E-state index in [2.05, 4.69) is 5.32 Å². The van der Waals surface area contributed by atoms with E-state index in [9.17, 15) is 14.7 Å². The Labute approximate surface area is 155 Å². The topological polar surface area (TPSA) is 79.5 Å². The van der Waals surface area contributed by atoms with Gasteiger partial charge in [0.15, 0.2) is 0 Å². The van der Waals surface area contributed by atoms with E-state index < -0.39 is 5.63 Å². The van der Waals surface area contributed by atoms with Crippen molar-refractivity contribution in [3.05, 3.63) is 74.6 Å². The Morgan fingerprint density at radius 1 is 1.23 bits per heavy atom. The average molecular weight is 372 g/mol. The van der Waals surface area contributed by atoms with Crippen molar-refractivity contribution in [1.29, 1.82) is 0 Å². The van der Waals surface area contributed by atoms with Crippen molar-refractivity contribution in [3.8, 4) is 5.75 Å². The minimum Gasteiger partial charge on any atom is -0.508 e. The Morgan fingerprint density at radius 2 is 2.00 bits per heavy atom. The third-order valence-corrected chi connectivity index (χ3v) is 4.68. The van der Waals surface area contributed by atoms with Crippen LogP contribution in [0.3, 0.4) is 0 Å². The van der Waals surface area contributed by atoms with Gasteiger partial charge < -0.3 is 14.8 Å². The molecule has 2 N–H and O–H groups in total. The molecular formula is C20H18ClNO4. The van der Waals surface area contributed by atoms with Crippen LogP contribution in [-0.2, 0) is 17.8 Å². The maximum Gasteiger partial charge on any atom is 0.339 e. The van der Waals surface area contributed by atoms with Gasteiger partial charge >= 0.3 is 5.63 Å². The molecule has 0 aliphatic carbocycles. The second-order valence-corrected chi connectivity index (χ2v) is 6.45. The Balaban J connectivity index is 1.69. The van der Waals surface area contributed by atoms with Crippen LogP contribution in [0.1, 0.15) is 23.1 Å². The van der Waals surface area contributed by atoms with Crippen LogP contribution in [0.5, 0.6) is 5.75 Å². The molecule has 0 bridgehead atoms. The first-order valence-electron chi connectivity index (χ1n) is 8.21. The number of aromatic hydroxyl groups is 1. The molecule has 0 aliphatic rings. The Bertz CT molecular complexity index is 1030. The van der Waals surface area contributed by atoms with Crippen molar-refractivity contribution in [3.63, 3.8) is 0 Å². The van der Waals surface area contributed by atoms with Gasteiger partial charge in [0.1, 0.15) is 11.3 Å². The first kappa shape index (κ1) is 18.0. The molecule has 1 heterocycles. The number of benzene rings is 2. The fourth-order valence-electron chi connectivity index (χ4n) is 2.83. The largest absolute Gasteiger partial charge is 0.508 e. The molecular weight excluding hydrogens is 354 g/mol. The molecule has 134 valence electrons. The quantitative estimate of drug-likeness (QED) is 0.670. The molecule has 0 unspecified atom stereocenters. The van der Waals surface area contributed by atoms with E-state index in [-0.39, 0.29) is 24.5 Å². The molecule has 0 saturated heterocycles. The number of amides is 1. The lowest BCUT2D eigenvalue weighted by molar-refractivity contribution is -0.121. The summed E-state index contributed by atoms with van der Waals surface area (Å²) in [6, 6.07) is 11.9. The number of halogens is 1. The second-order valence-electron chi connectivity index (χ2n) is 6.04. The van der Waals surface area contributed by atoms with Gasteiger partial charge in [0.25, 0.3) is 0 Å². The molecule has 1 aromatic heterocycles. The third kappa shape index (κ3) is 3.89. The molecule has 3 rings (SSSR count). The average Bonchev–Trinajstić information content (AvgIpc) is 2.60. The number of carbonyl (C=O) groups is 1. The highest BCUT2D eigenvalue weighted by molar-refractivity contribution is 6.31. The lowest BCUT2D eigenvalue weighted by Gasteiger charge is -2.09. The summed E-state index contributed by atoms with van der Waals surface area (Å²) in [6.45, 7) is 2.15. The lowest BCUT2D eigenvalue weighted by Crippen LogP contribution is -2.24. The van der Waals surface area contributed by atoms with Gasteiger partial charge in [0.2, 0.25) is 5.91 Å². The summed E-state index contributed by atoms with van der Waals surface area (Å²) in [7, 11) is 0. The van der Waals surface area contributed by atoms with Crippen LogP contribution >= 0.6 is 11.6 Å². The van der Waals surface area contributed by atoms with Gasteiger partial charge in [-0.15, -0.1) is 0 Å². The number of phenolic OH excluding ortho intramolecular Hbond substituents is 1. The van der Waals surface area contributed by atoms with Crippen LogP contribution in [0.2, 0.25) is 5.02 Å². The molecule has 6 heteroatoms. The van der Waals surface area contributed by atoms with E-state index in [0.29, 0.717) is 22.7 Å². The predicted octanol–water partition coefficient (Wildman–Crippen LogP) is 3.71. The Kier molecular flexibility index (Phi) is 5.28. The van der Waals surface area contributed by atoms with Crippen LogP contribution in [0.15, 0.2) is 51.7 Å². The normalized spacial score (nSPS) is 10.8. The molecule has 0 saturated carbocycles. The van der Waals surface area contributed by atoms with Crippen molar-refractivity contribution in [2.24, 2.45) is 0 Å². The van der Waals surface area contributed by atoms with Crippen molar-refractivity contribution in [2.45, 2.75) is 26.3 Å². The summed E-state index contributed by atoms with van der Waals surface area (Å²) in [5.41, 5.74) is 1.91. The van der Waals surface area contributed by atoms with Gasteiger partial charge in [-0.3, -0.25) is 4.79 Å². The summed E-state index contributed by atoms with van der Waals surface area (Å²) in [5, 5.41) is 13.7. The molecule has 1 amide bonds. The van der Waals surface area contributed by atoms with E-state index in [4.69, 9.17) is 16.0 Å². The molecule has 0 spiro atoms. The number of hydrogen-bond acceptors (Lipinski definition) is 4. The zero-order valence-corrected chi connectivity index (χ0v) is 15.0. The number of fused-ring (bicyclic) bond motifs is 1. The number of nitrogens with one attached hydrogen (secondary N) is 1. The van der Waals surface area contributed by atoms with Crippen LogP contribution < -0.4 is 10.9 Å². The highest BCUT2D eigenvalue weighted by Gasteiger charge is 2.13. The monoisotopic (exact) mass is 371 g/mol. The number of aryl methyl sites for hydroxylation is 1. The van der Waals surface area contributed by atoms with Gasteiger partial charge in [-0.1, -0.05) is 29.8 Å². The number of hydrogen-bond donors (Lipinski definition) is 2. The highest BCUT2D eigenvalue weighted by Crippen LogP contribution is 2.23. The van der Waals surface area contributed by atoms with E-state index >= 15 is 0 Å². The van der Waals surface area contributed by atoms with Crippen molar-refractivity contribution in [2.75, 3.05) is 0 Å². The Morgan fingerprint density at radius 3 is 2.77 bits per heavy atom. The number of phenols is 1. The Hall–Kier alpha value is -2.79. The molecule has 0 fully saturated rings.